The van der Waals surface area contributed by atoms with E-state index in [4.69, 9.17) is 4.42 Å². The first-order chi connectivity index (χ1) is 7.70. The van der Waals surface area contributed by atoms with E-state index in [0.29, 0.717) is 5.22 Å². The predicted molar refractivity (Wildman–Crippen MR) is 63.4 cm³/mol. The van der Waals surface area contributed by atoms with Crippen LogP contribution in [0.4, 0.5) is 0 Å². The molecule has 2 rings (SSSR count). The molecule has 0 radical (unpaired) electrons. The normalized spacial score (nSPS) is 12.6. The van der Waals surface area contributed by atoms with E-state index in [1.54, 1.807) is 7.05 Å². The standard InChI is InChI=1S/C11H12N2O2S/c1-7(10(14)12-2)16-11-13-8-5-3-4-6-9(8)15-11/h3-7H,1-2H3,(H,12,14). The van der Waals surface area contributed by atoms with Crippen molar-refractivity contribution in [3.63, 3.8) is 0 Å². The molecule has 0 saturated heterocycles. The molecule has 1 atom stereocenters. The topological polar surface area (TPSA) is 55.1 Å². The zero-order valence-electron chi connectivity index (χ0n) is 9.06. The van der Waals surface area contributed by atoms with Crippen LogP contribution in [0, 0.1) is 0 Å². The molecule has 0 fully saturated rings. The summed E-state index contributed by atoms with van der Waals surface area (Å²) in [5.41, 5.74) is 1.56. The first kappa shape index (κ1) is 11.0. The van der Waals surface area contributed by atoms with E-state index in [0.717, 1.165) is 11.1 Å². The maximum absolute atomic E-state index is 11.3. The molecule has 0 aliphatic rings. The molecule has 0 aliphatic heterocycles. The fourth-order valence-corrected chi connectivity index (χ4v) is 2.13. The van der Waals surface area contributed by atoms with Gasteiger partial charge in [0.25, 0.3) is 5.22 Å². The van der Waals surface area contributed by atoms with Crippen molar-refractivity contribution in [2.75, 3.05) is 7.05 Å². The van der Waals surface area contributed by atoms with Gasteiger partial charge >= 0.3 is 0 Å². The molecule has 1 amide bonds. The fraction of sp³-hybridized carbons (Fsp3) is 0.273. The third kappa shape index (κ3) is 2.19. The van der Waals surface area contributed by atoms with Crippen molar-refractivity contribution >= 4 is 28.8 Å². The van der Waals surface area contributed by atoms with Crippen molar-refractivity contribution in [3.05, 3.63) is 24.3 Å². The summed E-state index contributed by atoms with van der Waals surface area (Å²) in [7, 11) is 1.62. The molecule has 2 aromatic rings. The van der Waals surface area contributed by atoms with Crippen LogP contribution in [-0.2, 0) is 4.79 Å². The maximum Gasteiger partial charge on any atom is 0.257 e. The fourth-order valence-electron chi connectivity index (χ4n) is 1.31. The highest BCUT2D eigenvalue weighted by atomic mass is 32.2. The molecule has 0 aliphatic carbocycles. The van der Waals surface area contributed by atoms with Crippen molar-refractivity contribution in [3.8, 4) is 0 Å². The second-order valence-electron chi connectivity index (χ2n) is 3.32. The van der Waals surface area contributed by atoms with Gasteiger partial charge in [-0.15, -0.1) is 0 Å². The summed E-state index contributed by atoms with van der Waals surface area (Å²) in [4.78, 5) is 15.6. The van der Waals surface area contributed by atoms with Gasteiger partial charge in [-0.1, -0.05) is 23.9 Å². The summed E-state index contributed by atoms with van der Waals surface area (Å²) < 4.78 is 5.51. The van der Waals surface area contributed by atoms with Gasteiger partial charge in [-0.2, -0.15) is 0 Å². The Kier molecular flexibility index (Phi) is 3.14. The Bertz CT molecular complexity index is 476. The lowest BCUT2D eigenvalue weighted by Gasteiger charge is -2.05. The summed E-state index contributed by atoms with van der Waals surface area (Å²) in [5.74, 6) is -0.0349. The Morgan fingerprint density at radius 3 is 2.94 bits per heavy atom. The molecule has 1 aromatic heterocycles. The number of nitrogens with one attached hydrogen (secondary N) is 1. The lowest BCUT2D eigenvalue weighted by Crippen LogP contribution is -2.27. The second-order valence-corrected chi connectivity index (χ2v) is 4.61. The molecular weight excluding hydrogens is 224 g/mol. The number of nitrogens with zero attached hydrogens (tertiary/aromatic N) is 1. The number of amides is 1. The Morgan fingerprint density at radius 2 is 2.25 bits per heavy atom. The summed E-state index contributed by atoms with van der Waals surface area (Å²) >= 11 is 1.31. The van der Waals surface area contributed by atoms with E-state index in [1.165, 1.54) is 11.8 Å². The quantitative estimate of drug-likeness (QED) is 0.829. The highest BCUT2D eigenvalue weighted by Crippen LogP contribution is 2.26. The number of carbonyl (C=O) groups is 1. The minimum atomic E-state index is -0.210. The van der Waals surface area contributed by atoms with Crippen LogP contribution in [0.15, 0.2) is 33.9 Å². The predicted octanol–water partition coefficient (Wildman–Crippen LogP) is 2.05. The van der Waals surface area contributed by atoms with E-state index in [1.807, 2.05) is 31.2 Å². The maximum atomic E-state index is 11.3. The van der Waals surface area contributed by atoms with Crippen LogP contribution in [0.25, 0.3) is 11.1 Å². The zero-order chi connectivity index (χ0) is 11.5. The SMILES string of the molecule is CNC(=O)C(C)Sc1nc2ccccc2o1. The third-order valence-electron chi connectivity index (χ3n) is 2.17. The highest BCUT2D eigenvalue weighted by molar-refractivity contribution is 8.00. The molecule has 0 bridgehead atoms. The van der Waals surface area contributed by atoms with Crippen molar-refractivity contribution in [1.82, 2.24) is 10.3 Å². The largest absolute Gasteiger partial charge is 0.431 e. The van der Waals surface area contributed by atoms with E-state index >= 15 is 0 Å². The van der Waals surface area contributed by atoms with Gasteiger partial charge in [0, 0.05) is 7.05 Å². The number of hydrogen-bond acceptors (Lipinski definition) is 4. The Balaban J connectivity index is 2.18. The summed E-state index contributed by atoms with van der Waals surface area (Å²) in [5, 5.41) is 2.90. The molecule has 1 N–H and O–H groups in total. The van der Waals surface area contributed by atoms with Crippen molar-refractivity contribution < 1.29 is 9.21 Å². The number of aromatic nitrogens is 1. The van der Waals surface area contributed by atoms with Gasteiger partial charge in [-0.05, 0) is 19.1 Å². The van der Waals surface area contributed by atoms with Gasteiger partial charge in [0.05, 0.1) is 5.25 Å². The number of rotatable bonds is 3. The summed E-state index contributed by atoms with van der Waals surface area (Å²) in [6.45, 7) is 1.82. The first-order valence-corrected chi connectivity index (χ1v) is 5.82. The number of thioether (sulfide) groups is 1. The van der Waals surface area contributed by atoms with Crippen LogP contribution < -0.4 is 5.32 Å². The van der Waals surface area contributed by atoms with Crippen LogP contribution in [0.2, 0.25) is 0 Å². The smallest absolute Gasteiger partial charge is 0.257 e. The third-order valence-corrected chi connectivity index (χ3v) is 3.11. The highest BCUT2D eigenvalue weighted by Gasteiger charge is 2.16. The molecule has 16 heavy (non-hydrogen) atoms. The van der Waals surface area contributed by atoms with Crippen LogP contribution in [0.5, 0.6) is 0 Å². The number of fused-ring (bicyclic) bond motifs is 1. The molecule has 4 nitrogen and oxygen atoms in total. The van der Waals surface area contributed by atoms with Gasteiger partial charge in [0.2, 0.25) is 5.91 Å². The number of benzene rings is 1. The van der Waals surface area contributed by atoms with Crippen LogP contribution in [0.1, 0.15) is 6.92 Å². The summed E-state index contributed by atoms with van der Waals surface area (Å²) in [6.07, 6.45) is 0. The minimum Gasteiger partial charge on any atom is -0.431 e. The average Bonchev–Trinajstić information content (AvgIpc) is 2.69. The molecule has 1 aromatic carbocycles. The Morgan fingerprint density at radius 1 is 1.50 bits per heavy atom. The Labute approximate surface area is 97.4 Å². The Hall–Kier alpha value is -1.49. The molecular formula is C11H12N2O2S. The van der Waals surface area contributed by atoms with Crippen molar-refractivity contribution in [2.45, 2.75) is 17.4 Å². The average molecular weight is 236 g/mol. The molecule has 1 heterocycles. The van der Waals surface area contributed by atoms with E-state index in [9.17, 15) is 4.79 Å². The molecule has 84 valence electrons. The molecule has 5 heteroatoms. The molecule has 0 spiro atoms. The molecule has 1 unspecified atom stereocenters. The second kappa shape index (κ2) is 4.57. The van der Waals surface area contributed by atoms with Crippen LogP contribution in [0.3, 0.4) is 0 Å². The lowest BCUT2D eigenvalue weighted by atomic mass is 10.3. The van der Waals surface area contributed by atoms with E-state index in [2.05, 4.69) is 10.3 Å². The number of para-hydroxylation sites is 2. The summed E-state index contributed by atoms with van der Waals surface area (Å²) in [6, 6.07) is 7.54. The monoisotopic (exact) mass is 236 g/mol. The van der Waals surface area contributed by atoms with Crippen molar-refractivity contribution in [2.24, 2.45) is 0 Å². The number of hydrogen-bond donors (Lipinski definition) is 1. The van der Waals surface area contributed by atoms with E-state index < -0.39 is 0 Å². The van der Waals surface area contributed by atoms with Gasteiger partial charge in [0.1, 0.15) is 5.52 Å². The van der Waals surface area contributed by atoms with E-state index in [-0.39, 0.29) is 11.2 Å². The minimum absolute atomic E-state index is 0.0349. The zero-order valence-corrected chi connectivity index (χ0v) is 9.88. The number of carbonyl (C=O) groups excluding carboxylic acids is 1. The van der Waals surface area contributed by atoms with Crippen LogP contribution >= 0.6 is 11.8 Å². The van der Waals surface area contributed by atoms with Gasteiger partial charge < -0.3 is 9.73 Å². The van der Waals surface area contributed by atoms with Gasteiger partial charge in [0.15, 0.2) is 5.58 Å². The van der Waals surface area contributed by atoms with Crippen molar-refractivity contribution in [1.29, 1.82) is 0 Å². The number of oxazole rings is 1. The molecule has 0 saturated carbocycles. The van der Waals surface area contributed by atoms with Gasteiger partial charge in [-0.25, -0.2) is 4.98 Å². The van der Waals surface area contributed by atoms with Gasteiger partial charge in [-0.3, -0.25) is 4.79 Å². The first-order valence-electron chi connectivity index (χ1n) is 4.94. The van der Waals surface area contributed by atoms with Crippen LogP contribution in [-0.4, -0.2) is 23.2 Å². The lowest BCUT2D eigenvalue weighted by molar-refractivity contribution is -0.119.